The summed E-state index contributed by atoms with van der Waals surface area (Å²) in [6.45, 7) is 3.19. The Morgan fingerprint density at radius 2 is 1.88 bits per heavy atom. The molecule has 170 valence electrons. The molecule has 5 aromatic rings. The minimum Gasteiger partial charge on any atom is -0.358 e. The number of rotatable bonds is 6. The van der Waals surface area contributed by atoms with Crippen LogP contribution in [-0.4, -0.2) is 45.5 Å². The number of carbonyl (C=O) groups excluding carboxylic acids is 1. The van der Waals surface area contributed by atoms with Crippen LogP contribution in [0.5, 0.6) is 0 Å². The fourth-order valence-corrected chi connectivity index (χ4v) is 4.91. The molecule has 34 heavy (non-hydrogen) atoms. The van der Waals surface area contributed by atoms with Crippen molar-refractivity contribution in [3.8, 4) is 11.4 Å². The molecule has 0 bridgehead atoms. The Morgan fingerprint density at radius 3 is 2.74 bits per heavy atom. The number of fused-ring (bicyclic) bond motifs is 1. The number of hydrogen-bond acceptors (Lipinski definition) is 3. The van der Waals surface area contributed by atoms with Crippen molar-refractivity contribution in [3.05, 3.63) is 89.6 Å². The highest BCUT2D eigenvalue weighted by atomic mass is 16.1. The van der Waals surface area contributed by atoms with Gasteiger partial charge in [-0.25, -0.2) is 4.98 Å². The zero-order valence-corrected chi connectivity index (χ0v) is 19.2. The molecule has 6 nitrogen and oxygen atoms in total. The first-order valence-corrected chi connectivity index (χ1v) is 11.8. The lowest BCUT2D eigenvalue weighted by molar-refractivity contribution is 0.0956. The zero-order valence-electron chi connectivity index (χ0n) is 19.2. The molecule has 6 rings (SSSR count). The van der Waals surface area contributed by atoms with E-state index in [1.165, 1.54) is 22.2 Å². The molecular formula is C28H27N5O. The smallest absolute Gasteiger partial charge is 0.253 e. The highest BCUT2D eigenvalue weighted by molar-refractivity contribution is 6.06. The van der Waals surface area contributed by atoms with Crippen LogP contribution in [0.25, 0.3) is 33.3 Å². The van der Waals surface area contributed by atoms with Crippen LogP contribution in [-0.2, 0) is 19.5 Å². The van der Waals surface area contributed by atoms with Gasteiger partial charge in [0.15, 0.2) is 0 Å². The normalized spacial score (nSPS) is 13.5. The number of para-hydroxylation sites is 2. The maximum absolute atomic E-state index is 12.4. The molecule has 3 aromatic carbocycles. The molecule has 2 N–H and O–H groups in total. The van der Waals surface area contributed by atoms with E-state index in [4.69, 9.17) is 4.98 Å². The number of nitrogens with zero attached hydrogens (tertiary/aromatic N) is 3. The van der Waals surface area contributed by atoms with E-state index >= 15 is 0 Å². The molecule has 0 saturated heterocycles. The zero-order chi connectivity index (χ0) is 23.1. The number of carbonyl (C=O) groups is 1. The Balaban J connectivity index is 1.17. The van der Waals surface area contributed by atoms with Crippen molar-refractivity contribution in [2.75, 3.05) is 20.1 Å². The van der Waals surface area contributed by atoms with Crippen molar-refractivity contribution in [2.45, 2.75) is 19.5 Å². The Labute approximate surface area is 198 Å². The lowest BCUT2D eigenvalue weighted by Gasteiger charge is -2.16. The molecule has 1 aliphatic rings. The number of hydrogen-bond donors (Lipinski definition) is 2. The Morgan fingerprint density at radius 1 is 1.03 bits per heavy atom. The third kappa shape index (κ3) is 3.76. The van der Waals surface area contributed by atoms with Crippen LogP contribution in [0.15, 0.2) is 72.8 Å². The van der Waals surface area contributed by atoms with E-state index in [1.807, 2.05) is 18.2 Å². The molecular weight excluding hydrogens is 422 g/mol. The average molecular weight is 450 g/mol. The maximum Gasteiger partial charge on any atom is 0.253 e. The van der Waals surface area contributed by atoms with E-state index in [0.29, 0.717) is 18.7 Å². The monoisotopic (exact) mass is 449 g/mol. The first kappa shape index (κ1) is 20.7. The van der Waals surface area contributed by atoms with Crippen molar-refractivity contribution < 1.29 is 4.79 Å². The lowest BCUT2D eigenvalue weighted by Crippen LogP contribution is -2.24. The number of nitrogens with one attached hydrogen (secondary N) is 2. The third-order valence-corrected chi connectivity index (χ3v) is 6.65. The molecule has 0 aliphatic carbocycles. The summed E-state index contributed by atoms with van der Waals surface area (Å²) >= 11 is 0. The largest absolute Gasteiger partial charge is 0.358 e. The SMILES string of the molecule is CN(CCc1cc2ccccc2[nH]1)Cc1ccc(-c2nc3cccc4c3n2CCNC4=O)cc1. The van der Waals surface area contributed by atoms with Gasteiger partial charge >= 0.3 is 0 Å². The van der Waals surface area contributed by atoms with E-state index in [1.54, 1.807) is 0 Å². The Hall–Kier alpha value is -3.90. The van der Waals surface area contributed by atoms with Crippen molar-refractivity contribution in [2.24, 2.45) is 0 Å². The van der Waals surface area contributed by atoms with E-state index in [2.05, 4.69) is 81.4 Å². The highest BCUT2D eigenvalue weighted by Crippen LogP contribution is 2.28. The first-order chi connectivity index (χ1) is 16.7. The van der Waals surface area contributed by atoms with Crippen molar-refractivity contribution >= 4 is 27.8 Å². The summed E-state index contributed by atoms with van der Waals surface area (Å²) in [5.41, 5.74) is 7.30. The standard InChI is InChI=1S/C28H27N5O/c1-32(15-13-22-17-21-5-2-3-7-24(21)30-22)18-19-9-11-20(12-10-19)27-31-25-8-4-6-23-26(25)33(27)16-14-29-28(23)34/h2-12,17,30H,13-16,18H2,1H3,(H,29,34). The molecule has 0 fully saturated rings. The van der Waals surface area contributed by atoms with Crippen LogP contribution in [0.4, 0.5) is 0 Å². The van der Waals surface area contributed by atoms with Crippen LogP contribution in [0.2, 0.25) is 0 Å². The maximum atomic E-state index is 12.4. The number of aromatic nitrogens is 3. The van der Waals surface area contributed by atoms with Crippen molar-refractivity contribution in [3.63, 3.8) is 0 Å². The molecule has 0 saturated carbocycles. The van der Waals surface area contributed by atoms with E-state index in [0.717, 1.165) is 41.9 Å². The predicted octanol–water partition coefficient (Wildman–Crippen LogP) is 4.60. The van der Waals surface area contributed by atoms with Gasteiger partial charge in [0.05, 0.1) is 16.6 Å². The van der Waals surface area contributed by atoms with Gasteiger partial charge < -0.3 is 19.8 Å². The van der Waals surface area contributed by atoms with Crippen LogP contribution in [0.3, 0.4) is 0 Å². The van der Waals surface area contributed by atoms with Crippen LogP contribution >= 0.6 is 0 Å². The third-order valence-electron chi connectivity index (χ3n) is 6.65. The summed E-state index contributed by atoms with van der Waals surface area (Å²) in [4.78, 5) is 23.2. The number of H-pyrrole nitrogens is 1. The van der Waals surface area contributed by atoms with Gasteiger partial charge in [-0.1, -0.05) is 48.5 Å². The van der Waals surface area contributed by atoms with Gasteiger partial charge in [-0.3, -0.25) is 4.79 Å². The second kappa shape index (κ2) is 8.47. The Bertz CT molecular complexity index is 1460. The fourth-order valence-electron chi connectivity index (χ4n) is 4.91. The number of benzene rings is 3. The molecule has 1 amide bonds. The van der Waals surface area contributed by atoms with Gasteiger partial charge in [-0.2, -0.15) is 0 Å². The van der Waals surface area contributed by atoms with Crippen molar-refractivity contribution in [1.29, 1.82) is 0 Å². The van der Waals surface area contributed by atoms with Gasteiger partial charge in [0, 0.05) is 49.4 Å². The molecule has 0 unspecified atom stereocenters. The first-order valence-electron chi connectivity index (χ1n) is 11.8. The average Bonchev–Trinajstić information content (AvgIpc) is 3.39. The molecule has 2 aromatic heterocycles. The topological polar surface area (TPSA) is 66.0 Å². The van der Waals surface area contributed by atoms with Crippen LogP contribution < -0.4 is 5.32 Å². The lowest BCUT2D eigenvalue weighted by atomic mass is 10.1. The number of amides is 1. The van der Waals surface area contributed by atoms with Gasteiger partial charge in [-0.05, 0) is 42.3 Å². The summed E-state index contributed by atoms with van der Waals surface area (Å²) < 4.78 is 2.17. The highest BCUT2D eigenvalue weighted by Gasteiger charge is 2.21. The van der Waals surface area contributed by atoms with Gasteiger partial charge in [-0.15, -0.1) is 0 Å². The molecule has 0 radical (unpaired) electrons. The summed E-state index contributed by atoms with van der Waals surface area (Å²) in [5, 5.41) is 4.25. The predicted molar refractivity (Wildman–Crippen MR) is 136 cm³/mol. The van der Waals surface area contributed by atoms with E-state index in [9.17, 15) is 4.79 Å². The second-order valence-electron chi connectivity index (χ2n) is 9.08. The summed E-state index contributed by atoms with van der Waals surface area (Å²) in [6.07, 6.45) is 0.988. The molecule has 3 heterocycles. The number of imidazole rings is 1. The molecule has 0 atom stereocenters. The number of aromatic amines is 1. The van der Waals surface area contributed by atoms with Crippen LogP contribution in [0, 0.1) is 0 Å². The number of likely N-dealkylation sites (N-methyl/N-ethyl adjacent to an activating group) is 1. The van der Waals surface area contributed by atoms with E-state index in [-0.39, 0.29) is 5.91 Å². The van der Waals surface area contributed by atoms with Crippen LogP contribution in [0.1, 0.15) is 21.6 Å². The molecule has 6 heteroatoms. The van der Waals surface area contributed by atoms with Crippen molar-refractivity contribution in [1.82, 2.24) is 24.8 Å². The van der Waals surface area contributed by atoms with Gasteiger partial charge in [0.1, 0.15) is 5.82 Å². The second-order valence-corrected chi connectivity index (χ2v) is 9.08. The minimum atomic E-state index is -0.0263. The summed E-state index contributed by atoms with van der Waals surface area (Å²) in [6, 6.07) is 25.1. The van der Waals surface area contributed by atoms with Gasteiger partial charge in [0.2, 0.25) is 0 Å². The molecule has 1 aliphatic heterocycles. The Kier molecular flexibility index (Phi) is 5.15. The molecule has 0 spiro atoms. The minimum absolute atomic E-state index is 0.0263. The summed E-state index contributed by atoms with van der Waals surface area (Å²) in [5.74, 6) is 0.888. The fraction of sp³-hybridized carbons (Fsp3) is 0.214. The summed E-state index contributed by atoms with van der Waals surface area (Å²) in [7, 11) is 2.16. The van der Waals surface area contributed by atoms with E-state index < -0.39 is 0 Å². The van der Waals surface area contributed by atoms with Gasteiger partial charge in [0.25, 0.3) is 5.91 Å². The quantitative estimate of drug-likeness (QED) is 0.398.